The Morgan fingerprint density at radius 3 is 2.68 bits per heavy atom. The number of aliphatic hydroxyl groups is 1. The molecule has 0 unspecified atom stereocenters. The Hall–Kier alpha value is -3.02. The topological polar surface area (TPSA) is 103 Å². The van der Waals surface area contributed by atoms with Crippen LogP contribution in [0.4, 0.5) is 4.39 Å². The van der Waals surface area contributed by atoms with Gasteiger partial charge in [0.1, 0.15) is 28.2 Å². The lowest BCUT2D eigenvalue weighted by atomic mass is 10.1. The number of thiazole rings is 1. The van der Waals surface area contributed by atoms with E-state index in [1.807, 2.05) is 12.3 Å². The van der Waals surface area contributed by atoms with Crippen LogP contribution in [0.2, 0.25) is 0 Å². The summed E-state index contributed by atoms with van der Waals surface area (Å²) >= 11 is 4.81. The molecule has 0 aliphatic rings. The molecular weight excluding hydrogens is 525 g/mol. The largest absolute Gasteiger partial charge is 0.470 e. The maximum atomic E-state index is 14.6. The molecule has 34 heavy (non-hydrogen) atoms. The van der Waals surface area contributed by atoms with Crippen LogP contribution in [0.15, 0.2) is 45.1 Å². The summed E-state index contributed by atoms with van der Waals surface area (Å²) in [5, 5.41) is 13.0. The van der Waals surface area contributed by atoms with Gasteiger partial charge in [0.15, 0.2) is 11.6 Å². The minimum Gasteiger partial charge on any atom is -0.470 e. The maximum Gasteiger partial charge on any atom is 0.276 e. The average molecular weight is 546 g/mol. The summed E-state index contributed by atoms with van der Waals surface area (Å²) in [5.41, 5.74) is -0.0555. The van der Waals surface area contributed by atoms with E-state index in [9.17, 15) is 14.3 Å². The van der Waals surface area contributed by atoms with Crippen LogP contribution in [0.1, 0.15) is 36.2 Å². The number of aromatic nitrogens is 5. The highest BCUT2D eigenvalue weighted by molar-refractivity contribution is 9.10. The highest BCUT2D eigenvalue weighted by Gasteiger charge is 2.22. The third-order valence-corrected chi connectivity index (χ3v) is 6.36. The fourth-order valence-corrected chi connectivity index (χ4v) is 4.23. The highest BCUT2D eigenvalue weighted by Crippen LogP contribution is 2.27. The Labute approximate surface area is 207 Å². The van der Waals surface area contributed by atoms with Crippen LogP contribution in [-0.2, 0) is 12.2 Å². The molecule has 0 amide bonds. The average Bonchev–Trinajstić information content (AvgIpc) is 3.20. The highest BCUT2D eigenvalue weighted by atomic mass is 79.9. The van der Waals surface area contributed by atoms with Crippen LogP contribution in [0.25, 0.3) is 16.9 Å². The van der Waals surface area contributed by atoms with Crippen LogP contribution in [0.3, 0.4) is 0 Å². The first-order valence-electron chi connectivity index (χ1n) is 10.2. The van der Waals surface area contributed by atoms with E-state index in [1.54, 1.807) is 31.2 Å². The number of hydrogen-bond donors (Lipinski definition) is 1. The second kappa shape index (κ2) is 9.32. The van der Waals surface area contributed by atoms with E-state index in [0.29, 0.717) is 17.1 Å². The van der Waals surface area contributed by atoms with Crippen molar-refractivity contribution in [1.82, 2.24) is 24.5 Å². The van der Waals surface area contributed by atoms with Crippen molar-refractivity contribution < 1.29 is 14.2 Å². The number of rotatable bonds is 6. The van der Waals surface area contributed by atoms with Crippen LogP contribution in [-0.4, -0.2) is 29.6 Å². The standard InChI is InChI=1S/C23H21BrFN5O3S/c1-12-27-20(33-10-15-11-34-13(2)28-15)18(24)21(31)30(12)16-7-5-6-14(8-16)19-17(25)9-26-22(29-19)23(3,4)32/h5-9,11,32H,10H2,1-4H3. The van der Waals surface area contributed by atoms with E-state index in [-0.39, 0.29) is 34.0 Å². The summed E-state index contributed by atoms with van der Waals surface area (Å²) in [6.45, 7) is 6.81. The van der Waals surface area contributed by atoms with E-state index >= 15 is 0 Å². The summed E-state index contributed by atoms with van der Waals surface area (Å²) in [7, 11) is 0. The Morgan fingerprint density at radius 1 is 1.24 bits per heavy atom. The predicted molar refractivity (Wildman–Crippen MR) is 130 cm³/mol. The van der Waals surface area contributed by atoms with Gasteiger partial charge in [-0.3, -0.25) is 9.36 Å². The number of nitrogens with zero attached hydrogens (tertiary/aromatic N) is 5. The van der Waals surface area contributed by atoms with Gasteiger partial charge >= 0.3 is 0 Å². The summed E-state index contributed by atoms with van der Waals surface area (Å²) in [6, 6.07) is 6.69. The van der Waals surface area contributed by atoms with Gasteiger partial charge in [-0.05, 0) is 55.8 Å². The van der Waals surface area contributed by atoms with Crippen molar-refractivity contribution in [1.29, 1.82) is 0 Å². The number of hydrogen-bond acceptors (Lipinski definition) is 8. The maximum absolute atomic E-state index is 14.6. The summed E-state index contributed by atoms with van der Waals surface area (Å²) in [5.74, 6) is -0.00853. The molecule has 1 N–H and O–H groups in total. The predicted octanol–water partition coefficient (Wildman–Crippen LogP) is 4.47. The second-order valence-electron chi connectivity index (χ2n) is 8.06. The SMILES string of the molecule is Cc1nc(COc2nc(C)n(-c3cccc(-c4nc(C(C)(C)O)ncc4F)c3)c(=O)c2Br)cs1. The molecule has 0 fully saturated rings. The number of halogens is 2. The van der Waals surface area contributed by atoms with Gasteiger partial charge in [-0.25, -0.2) is 19.3 Å². The molecule has 0 saturated carbocycles. The van der Waals surface area contributed by atoms with Crippen molar-refractivity contribution in [3.05, 3.63) is 78.8 Å². The third-order valence-electron chi connectivity index (χ3n) is 4.86. The van der Waals surface area contributed by atoms with Crippen molar-refractivity contribution in [2.75, 3.05) is 0 Å². The minimum absolute atomic E-state index is 0.0187. The molecule has 0 aliphatic heterocycles. The molecule has 0 radical (unpaired) electrons. The number of benzene rings is 1. The summed E-state index contributed by atoms with van der Waals surface area (Å²) < 4.78 is 21.8. The summed E-state index contributed by atoms with van der Waals surface area (Å²) in [4.78, 5) is 30.0. The Morgan fingerprint density at radius 2 is 2.00 bits per heavy atom. The molecular formula is C23H21BrFN5O3S. The molecule has 0 spiro atoms. The lowest BCUT2D eigenvalue weighted by Crippen LogP contribution is -2.24. The number of ether oxygens (including phenoxy) is 1. The zero-order valence-corrected chi connectivity index (χ0v) is 21.2. The van der Waals surface area contributed by atoms with Gasteiger partial charge in [-0.1, -0.05) is 12.1 Å². The van der Waals surface area contributed by atoms with Crippen molar-refractivity contribution in [3.63, 3.8) is 0 Å². The van der Waals surface area contributed by atoms with Crippen molar-refractivity contribution in [3.8, 4) is 22.8 Å². The monoisotopic (exact) mass is 545 g/mol. The van der Waals surface area contributed by atoms with Crippen LogP contribution >= 0.6 is 27.3 Å². The van der Waals surface area contributed by atoms with Crippen molar-refractivity contribution in [2.24, 2.45) is 0 Å². The molecule has 4 rings (SSSR count). The fourth-order valence-electron chi connectivity index (χ4n) is 3.26. The Balaban J connectivity index is 1.72. The first-order chi connectivity index (χ1) is 16.0. The normalized spacial score (nSPS) is 11.6. The van der Waals surface area contributed by atoms with Gasteiger partial charge in [0.25, 0.3) is 5.56 Å². The van der Waals surface area contributed by atoms with E-state index in [4.69, 9.17) is 4.74 Å². The van der Waals surface area contributed by atoms with Crippen molar-refractivity contribution >= 4 is 27.3 Å². The number of aryl methyl sites for hydroxylation is 2. The third kappa shape index (κ3) is 4.91. The fraction of sp³-hybridized carbons (Fsp3) is 0.261. The van der Waals surface area contributed by atoms with Gasteiger partial charge in [-0.15, -0.1) is 11.3 Å². The first kappa shape index (κ1) is 24.1. The van der Waals surface area contributed by atoms with E-state index in [2.05, 4.69) is 35.9 Å². The van der Waals surface area contributed by atoms with Crippen LogP contribution < -0.4 is 10.3 Å². The van der Waals surface area contributed by atoms with E-state index in [0.717, 1.165) is 16.9 Å². The van der Waals surface area contributed by atoms with E-state index < -0.39 is 11.4 Å². The lowest BCUT2D eigenvalue weighted by molar-refractivity contribution is 0.0686. The molecule has 0 atom stereocenters. The van der Waals surface area contributed by atoms with Gasteiger partial charge in [0, 0.05) is 10.9 Å². The smallest absolute Gasteiger partial charge is 0.276 e. The lowest BCUT2D eigenvalue weighted by Gasteiger charge is -2.17. The molecule has 176 valence electrons. The molecule has 11 heteroatoms. The molecule has 8 nitrogen and oxygen atoms in total. The second-order valence-corrected chi connectivity index (χ2v) is 9.92. The van der Waals surface area contributed by atoms with E-state index in [1.165, 1.54) is 29.8 Å². The molecule has 3 aromatic heterocycles. The molecule has 3 heterocycles. The van der Waals surface area contributed by atoms with Gasteiger partial charge in [-0.2, -0.15) is 4.98 Å². The molecule has 0 aliphatic carbocycles. The van der Waals surface area contributed by atoms with Gasteiger partial charge < -0.3 is 9.84 Å². The molecule has 0 bridgehead atoms. The quantitative estimate of drug-likeness (QED) is 0.381. The van der Waals surface area contributed by atoms with Crippen LogP contribution in [0.5, 0.6) is 5.88 Å². The Bertz CT molecular complexity index is 1430. The van der Waals surface area contributed by atoms with Gasteiger partial charge in [0.05, 0.1) is 22.6 Å². The minimum atomic E-state index is -1.34. The summed E-state index contributed by atoms with van der Waals surface area (Å²) in [6.07, 6.45) is 1.02. The zero-order valence-electron chi connectivity index (χ0n) is 18.8. The zero-order chi connectivity index (χ0) is 24.6. The van der Waals surface area contributed by atoms with Gasteiger partial charge in [0.2, 0.25) is 5.88 Å². The molecule has 1 aromatic carbocycles. The Kier molecular flexibility index (Phi) is 6.61. The molecule has 4 aromatic rings. The molecule has 0 saturated heterocycles. The van der Waals surface area contributed by atoms with Crippen LogP contribution in [0, 0.1) is 19.7 Å². The first-order valence-corrected chi connectivity index (χ1v) is 11.9. The van der Waals surface area contributed by atoms with Crippen molar-refractivity contribution in [2.45, 2.75) is 39.9 Å².